The van der Waals surface area contributed by atoms with Crippen molar-refractivity contribution in [2.24, 2.45) is 5.10 Å². The lowest BCUT2D eigenvalue weighted by Gasteiger charge is -2.10. The smallest absolute Gasteiger partial charge is 0.416 e. The number of rotatable bonds is 6. The van der Waals surface area contributed by atoms with Crippen LogP contribution in [0.15, 0.2) is 59.0 Å². The van der Waals surface area contributed by atoms with Gasteiger partial charge >= 0.3 is 6.18 Å². The molecule has 0 amide bonds. The Morgan fingerprint density at radius 2 is 1.96 bits per heavy atom. The maximum Gasteiger partial charge on any atom is 0.416 e. The molecule has 0 spiro atoms. The maximum atomic E-state index is 12.7. The van der Waals surface area contributed by atoms with Crippen LogP contribution in [0.5, 0.6) is 5.75 Å². The van der Waals surface area contributed by atoms with Crippen molar-refractivity contribution in [1.82, 2.24) is 4.98 Å². The second-order valence-electron chi connectivity index (χ2n) is 5.50. The fourth-order valence-corrected chi connectivity index (χ4v) is 2.70. The highest BCUT2D eigenvalue weighted by Crippen LogP contribution is 2.29. The summed E-state index contributed by atoms with van der Waals surface area (Å²) in [6.45, 7) is 0.0460. The Morgan fingerprint density at radius 3 is 2.63 bits per heavy atom. The first-order valence-corrected chi connectivity index (χ1v) is 8.67. The lowest BCUT2D eigenvalue weighted by Crippen LogP contribution is -2.06. The molecule has 0 saturated heterocycles. The number of aromatic nitrogens is 1. The van der Waals surface area contributed by atoms with E-state index in [0.717, 1.165) is 17.7 Å². The van der Waals surface area contributed by atoms with Gasteiger partial charge in [0.25, 0.3) is 0 Å². The van der Waals surface area contributed by atoms with E-state index in [2.05, 4.69) is 15.5 Å². The summed E-state index contributed by atoms with van der Waals surface area (Å²) in [7, 11) is 0. The minimum absolute atomic E-state index is 0.0460. The molecule has 1 aromatic heterocycles. The van der Waals surface area contributed by atoms with Crippen molar-refractivity contribution in [3.05, 3.63) is 70.6 Å². The van der Waals surface area contributed by atoms with E-state index in [-0.39, 0.29) is 6.61 Å². The summed E-state index contributed by atoms with van der Waals surface area (Å²) in [5.74, 6) is 0.977. The Labute approximate surface area is 157 Å². The van der Waals surface area contributed by atoms with Gasteiger partial charge in [0.05, 0.1) is 11.8 Å². The third kappa shape index (κ3) is 5.45. The standard InChI is InChI=1S/C18H15F3N4OS/c19-18(20,21)14-3-1-2-13(8-14)10-26-15-6-4-12(5-7-15)9-23-25-17-24-16(22)11-27-17/h1-9,11H,10,22H2,(H,24,25). The van der Waals surface area contributed by atoms with Gasteiger partial charge in [0, 0.05) is 5.38 Å². The molecule has 0 saturated carbocycles. The Hall–Kier alpha value is -3.07. The number of alkyl halides is 3. The van der Waals surface area contributed by atoms with E-state index < -0.39 is 11.7 Å². The SMILES string of the molecule is Nc1csc(NN=Cc2ccc(OCc3cccc(C(F)(F)F)c3)cc2)n1. The normalized spacial score (nSPS) is 11.7. The molecule has 0 bridgehead atoms. The molecule has 1 heterocycles. The lowest BCUT2D eigenvalue weighted by molar-refractivity contribution is -0.137. The molecule has 0 atom stereocenters. The van der Waals surface area contributed by atoms with Crippen molar-refractivity contribution < 1.29 is 17.9 Å². The molecule has 2 aromatic carbocycles. The summed E-state index contributed by atoms with van der Waals surface area (Å²) in [6, 6.07) is 12.1. The van der Waals surface area contributed by atoms with Crippen LogP contribution in [-0.2, 0) is 12.8 Å². The first kappa shape index (κ1) is 18.7. The zero-order valence-corrected chi connectivity index (χ0v) is 14.7. The third-order valence-corrected chi connectivity index (χ3v) is 4.20. The predicted octanol–water partition coefficient (Wildman–Crippen LogP) is 4.77. The van der Waals surface area contributed by atoms with Crippen LogP contribution in [0.4, 0.5) is 24.1 Å². The first-order chi connectivity index (χ1) is 12.9. The van der Waals surface area contributed by atoms with E-state index in [0.29, 0.717) is 22.3 Å². The Balaban J connectivity index is 1.55. The van der Waals surface area contributed by atoms with E-state index in [1.165, 1.54) is 17.4 Å². The number of nitrogens with zero attached hydrogens (tertiary/aromatic N) is 2. The van der Waals surface area contributed by atoms with Gasteiger partial charge in [0.1, 0.15) is 18.2 Å². The molecule has 9 heteroatoms. The quantitative estimate of drug-likeness (QED) is 0.468. The highest BCUT2D eigenvalue weighted by molar-refractivity contribution is 7.14. The third-order valence-electron chi connectivity index (χ3n) is 3.44. The van der Waals surface area contributed by atoms with Crippen molar-refractivity contribution in [3.63, 3.8) is 0 Å². The van der Waals surface area contributed by atoms with Crippen LogP contribution in [0, 0.1) is 0 Å². The minimum Gasteiger partial charge on any atom is -0.489 e. The second-order valence-corrected chi connectivity index (χ2v) is 6.36. The maximum absolute atomic E-state index is 12.7. The van der Waals surface area contributed by atoms with Gasteiger partial charge in [-0.05, 0) is 47.5 Å². The highest BCUT2D eigenvalue weighted by atomic mass is 32.1. The zero-order valence-electron chi connectivity index (χ0n) is 13.9. The second kappa shape index (κ2) is 8.09. The zero-order chi connectivity index (χ0) is 19.3. The largest absolute Gasteiger partial charge is 0.489 e. The van der Waals surface area contributed by atoms with Crippen molar-refractivity contribution in [2.75, 3.05) is 11.2 Å². The summed E-state index contributed by atoms with van der Waals surface area (Å²) >= 11 is 1.34. The summed E-state index contributed by atoms with van der Waals surface area (Å²) in [6.07, 6.45) is -2.76. The molecule has 0 aliphatic rings. The number of anilines is 2. The Morgan fingerprint density at radius 1 is 1.19 bits per heavy atom. The fourth-order valence-electron chi connectivity index (χ4n) is 2.15. The molecular formula is C18H15F3N4OS. The topological polar surface area (TPSA) is 72.5 Å². The molecule has 140 valence electrons. The molecule has 5 nitrogen and oxygen atoms in total. The van der Waals surface area contributed by atoms with Gasteiger partial charge < -0.3 is 10.5 Å². The number of nitrogens with two attached hydrogens (primary N) is 1. The van der Waals surface area contributed by atoms with E-state index in [9.17, 15) is 13.2 Å². The van der Waals surface area contributed by atoms with Crippen LogP contribution < -0.4 is 15.9 Å². The monoisotopic (exact) mass is 392 g/mol. The van der Waals surface area contributed by atoms with Gasteiger partial charge in [0.2, 0.25) is 5.13 Å². The summed E-state index contributed by atoms with van der Waals surface area (Å²) in [5.41, 5.74) is 8.86. The van der Waals surface area contributed by atoms with E-state index in [1.807, 2.05) is 0 Å². The first-order valence-electron chi connectivity index (χ1n) is 7.79. The minimum atomic E-state index is -4.37. The summed E-state index contributed by atoms with van der Waals surface area (Å²) in [4.78, 5) is 4.01. The number of nitrogen functional groups attached to an aromatic ring is 1. The number of thiazole rings is 1. The molecule has 27 heavy (non-hydrogen) atoms. The molecule has 0 aliphatic heterocycles. The number of hydrogen-bond donors (Lipinski definition) is 2. The highest BCUT2D eigenvalue weighted by Gasteiger charge is 2.30. The van der Waals surface area contributed by atoms with Gasteiger partial charge in [-0.2, -0.15) is 18.3 Å². The molecule has 3 N–H and O–H groups in total. The molecule has 0 fully saturated rings. The van der Waals surface area contributed by atoms with Gasteiger partial charge in [-0.3, -0.25) is 5.43 Å². The van der Waals surface area contributed by atoms with Crippen LogP contribution in [0.3, 0.4) is 0 Å². The Bertz CT molecular complexity index is 923. The van der Waals surface area contributed by atoms with E-state index in [4.69, 9.17) is 10.5 Å². The molecule has 3 rings (SSSR count). The van der Waals surface area contributed by atoms with Crippen molar-refractivity contribution in [2.45, 2.75) is 12.8 Å². The predicted molar refractivity (Wildman–Crippen MR) is 100.0 cm³/mol. The summed E-state index contributed by atoms with van der Waals surface area (Å²) < 4.78 is 43.7. The van der Waals surface area contributed by atoms with Gasteiger partial charge in [-0.15, -0.1) is 11.3 Å². The molecule has 0 radical (unpaired) electrons. The number of hydrazone groups is 1. The number of benzene rings is 2. The molecule has 0 unspecified atom stereocenters. The van der Waals surface area contributed by atoms with Crippen LogP contribution in [0.2, 0.25) is 0 Å². The van der Waals surface area contributed by atoms with Gasteiger partial charge in [0.15, 0.2) is 0 Å². The molecular weight excluding hydrogens is 377 g/mol. The van der Waals surface area contributed by atoms with Crippen molar-refractivity contribution in [1.29, 1.82) is 0 Å². The fraction of sp³-hybridized carbons (Fsp3) is 0.111. The molecule has 3 aromatic rings. The van der Waals surface area contributed by atoms with Crippen LogP contribution in [0.25, 0.3) is 0 Å². The van der Waals surface area contributed by atoms with Crippen LogP contribution in [-0.4, -0.2) is 11.2 Å². The van der Waals surface area contributed by atoms with Gasteiger partial charge in [-0.1, -0.05) is 12.1 Å². The lowest BCUT2D eigenvalue weighted by atomic mass is 10.1. The van der Waals surface area contributed by atoms with Crippen molar-refractivity contribution >= 4 is 28.5 Å². The average molecular weight is 392 g/mol. The summed E-state index contributed by atoms with van der Waals surface area (Å²) in [5, 5.41) is 6.34. The number of ether oxygens (including phenoxy) is 1. The van der Waals surface area contributed by atoms with Crippen molar-refractivity contribution in [3.8, 4) is 5.75 Å². The van der Waals surface area contributed by atoms with E-state index >= 15 is 0 Å². The number of halogens is 3. The van der Waals surface area contributed by atoms with Crippen LogP contribution >= 0.6 is 11.3 Å². The Kier molecular flexibility index (Phi) is 5.60. The van der Waals surface area contributed by atoms with Crippen LogP contribution in [0.1, 0.15) is 16.7 Å². The van der Waals surface area contributed by atoms with E-state index in [1.54, 1.807) is 41.9 Å². The number of hydrogen-bond acceptors (Lipinski definition) is 6. The van der Waals surface area contributed by atoms with Gasteiger partial charge in [-0.25, -0.2) is 4.98 Å². The average Bonchev–Trinajstić information content (AvgIpc) is 3.06. The molecule has 0 aliphatic carbocycles. The number of nitrogens with one attached hydrogen (secondary N) is 1.